The fraction of sp³-hybridized carbons (Fsp3) is 0.333. The standard InChI is InChI=1S/C21H23N3O4S/c1-15-14-29(27,28)24(21(15)26)19-6-4-5-16(13-19)20(25)22-17-7-9-18(10-8-17)23-11-2-3-12-23/h4-10,13,15H,2-3,11-12,14H2,1H3,(H,22,25). The Labute approximate surface area is 170 Å². The van der Waals surface area contributed by atoms with Crippen molar-refractivity contribution in [1.82, 2.24) is 0 Å². The number of carbonyl (C=O) groups excluding carboxylic acids is 2. The van der Waals surface area contributed by atoms with Gasteiger partial charge < -0.3 is 10.2 Å². The van der Waals surface area contributed by atoms with Gasteiger partial charge in [-0.1, -0.05) is 13.0 Å². The summed E-state index contributed by atoms with van der Waals surface area (Å²) in [5.74, 6) is -1.64. The van der Waals surface area contributed by atoms with Crippen LogP contribution in [-0.4, -0.2) is 39.1 Å². The Balaban J connectivity index is 1.51. The van der Waals surface area contributed by atoms with E-state index in [0.717, 1.165) is 23.1 Å². The van der Waals surface area contributed by atoms with Crippen molar-refractivity contribution in [1.29, 1.82) is 0 Å². The molecule has 1 unspecified atom stereocenters. The van der Waals surface area contributed by atoms with Crippen LogP contribution in [-0.2, 0) is 14.8 Å². The van der Waals surface area contributed by atoms with Crippen LogP contribution in [0.1, 0.15) is 30.1 Å². The molecule has 1 N–H and O–H groups in total. The van der Waals surface area contributed by atoms with Crippen LogP contribution in [0, 0.1) is 5.92 Å². The Morgan fingerprint density at radius 2 is 1.72 bits per heavy atom. The number of hydrogen-bond acceptors (Lipinski definition) is 5. The average molecular weight is 413 g/mol. The van der Waals surface area contributed by atoms with Crippen molar-refractivity contribution in [3.05, 3.63) is 54.1 Å². The molecule has 2 heterocycles. The van der Waals surface area contributed by atoms with Gasteiger partial charge in [-0.3, -0.25) is 9.59 Å². The Hall–Kier alpha value is -2.87. The highest BCUT2D eigenvalue weighted by atomic mass is 32.2. The first kappa shape index (κ1) is 19.4. The van der Waals surface area contributed by atoms with Gasteiger partial charge in [-0.2, -0.15) is 0 Å². The molecule has 2 aromatic rings. The van der Waals surface area contributed by atoms with Crippen LogP contribution in [0.4, 0.5) is 17.1 Å². The summed E-state index contributed by atoms with van der Waals surface area (Å²) in [5, 5.41) is 2.82. The Kier molecular flexibility index (Phi) is 5.04. The minimum atomic E-state index is -3.71. The number of rotatable bonds is 4. The normalized spacial score (nSPS) is 20.9. The molecular weight excluding hydrogens is 390 g/mol. The van der Waals surface area contributed by atoms with E-state index in [9.17, 15) is 18.0 Å². The van der Waals surface area contributed by atoms with Crippen molar-refractivity contribution in [3.8, 4) is 0 Å². The van der Waals surface area contributed by atoms with Crippen molar-refractivity contribution in [3.63, 3.8) is 0 Å². The third-order valence-corrected chi connectivity index (χ3v) is 7.17. The number of nitrogens with zero attached hydrogens (tertiary/aromatic N) is 2. The van der Waals surface area contributed by atoms with Gasteiger partial charge in [-0.25, -0.2) is 12.7 Å². The van der Waals surface area contributed by atoms with Crippen LogP contribution in [0.25, 0.3) is 0 Å². The molecule has 2 saturated heterocycles. The maximum atomic E-state index is 12.7. The van der Waals surface area contributed by atoms with Crippen LogP contribution in [0.15, 0.2) is 48.5 Å². The molecule has 7 nitrogen and oxygen atoms in total. The average Bonchev–Trinajstić information content (AvgIpc) is 3.29. The molecule has 8 heteroatoms. The molecule has 2 amide bonds. The molecule has 2 aromatic carbocycles. The van der Waals surface area contributed by atoms with Gasteiger partial charge in [0.2, 0.25) is 15.9 Å². The fourth-order valence-electron chi connectivity index (χ4n) is 3.79. The highest BCUT2D eigenvalue weighted by Gasteiger charge is 2.42. The number of sulfonamides is 1. The van der Waals surface area contributed by atoms with Crippen LogP contribution in [0.3, 0.4) is 0 Å². The van der Waals surface area contributed by atoms with E-state index < -0.39 is 21.8 Å². The predicted octanol–water partition coefficient (Wildman–Crippen LogP) is 2.85. The summed E-state index contributed by atoms with van der Waals surface area (Å²) in [6.45, 7) is 3.69. The number of nitrogens with one attached hydrogen (secondary N) is 1. The van der Waals surface area contributed by atoms with Crippen LogP contribution in [0.2, 0.25) is 0 Å². The summed E-state index contributed by atoms with van der Waals surface area (Å²) in [4.78, 5) is 27.2. The van der Waals surface area contributed by atoms with E-state index in [4.69, 9.17) is 0 Å². The molecule has 0 aromatic heterocycles. The second kappa shape index (κ2) is 7.51. The molecule has 2 aliphatic rings. The molecule has 152 valence electrons. The van der Waals surface area contributed by atoms with E-state index in [0.29, 0.717) is 5.69 Å². The number of benzene rings is 2. The zero-order chi connectivity index (χ0) is 20.6. The van der Waals surface area contributed by atoms with Crippen molar-refractivity contribution in [2.24, 2.45) is 5.92 Å². The van der Waals surface area contributed by atoms with Crippen LogP contribution in [0.5, 0.6) is 0 Å². The second-order valence-electron chi connectivity index (χ2n) is 7.53. The monoisotopic (exact) mass is 413 g/mol. The molecule has 0 radical (unpaired) electrons. The summed E-state index contributed by atoms with van der Waals surface area (Å²) in [5.41, 5.74) is 2.27. The highest BCUT2D eigenvalue weighted by molar-refractivity contribution is 7.94. The minimum absolute atomic E-state index is 0.191. The summed E-state index contributed by atoms with van der Waals surface area (Å²) in [6.07, 6.45) is 2.39. The SMILES string of the molecule is CC1CS(=O)(=O)N(c2cccc(C(=O)Nc3ccc(N4CCCC4)cc3)c2)C1=O. The van der Waals surface area contributed by atoms with Crippen molar-refractivity contribution in [2.45, 2.75) is 19.8 Å². The zero-order valence-corrected chi connectivity index (χ0v) is 17.0. The van der Waals surface area contributed by atoms with Gasteiger partial charge in [0.25, 0.3) is 5.91 Å². The first-order valence-corrected chi connectivity index (χ1v) is 11.3. The summed E-state index contributed by atoms with van der Waals surface area (Å²) in [6, 6.07) is 13.8. The maximum absolute atomic E-state index is 12.7. The molecule has 0 aliphatic carbocycles. The van der Waals surface area contributed by atoms with Gasteiger partial charge in [0.1, 0.15) is 0 Å². The number of anilines is 3. The van der Waals surface area contributed by atoms with E-state index in [1.807, 2.05) is 24.3 Å². The van der Waals surface area contributed by atoms with Crippen molar-refractivity contribution >= 4 is 38.9 Å². The lowest BCUT2D eigenvalue weighted by atomic mass is 10.1. The number of hydrogen-bond donors (Lipinski definition) is 1. The van der Waals surface area contributed by atoms with E-state index in [2.05, 4.69) is 10.2 Å². The molecular formula is C21H23N3O4S. The van der Waals surface area contributed by atoms with E-state index in [1.165, 1.54) is 25.0 Å². The molecule has 29 heavy (non-hydrogen) atoms. The van der Waals surface area contributed by atoms with E-state index in [1.54, 1.807) is 19.1 Å². The van der Waals surface area contributed by atoms with Crippen LogP contribution < -0.4 is 14.5 Å². The largest absolute Gasteiger partial charge is 0.372 e. The topological polar surface area (TPSA) is 86.8 Å². The molecule has 0 saturated carbocycles. The summed E-state index contributed by atoms with van der Waals surface area (Å²) in [7, 11) is -3.71. The minimum Gasteiger partial charge on any atom is -0.372 e. The highest BCUT2D eigenvalue weighted by Crippen LogP contribution is 2.29. The van der Waals surface area contributed by atoms with Crippen molar-refractivity contribution in [2.75, 3.05) is 33.4 Å². The van der Waals surface area contributed by atoms with E-state index >= 15 is 0 Å². The summed E-state index contributed by atoms with van der Waals surface area (Å²) >= 11 is 0. The lowest BCUT2D eigenvalue weighted by molar-refractivity contribution is -0.119. The summed E-state index contributed by atoms with van der Waals surface area (Å²) < 4.78 is 25.4. The van der Waals surface area contributed by atoms with Crippen LogP contribution >= 0.6 is 0 Å². The first-order valence-electron chi connectivity index (χ1n) is 9.68. The van der Waals surface area contributed by atoms with Gasteiger partial charge in [-0.15, -0.1) is 0 Å². The molecule has 0 bridgehead atoms. The third kappa shape index (κ3) is 3.85. The third-order valence-electron chi connectivity index (χ3n) is 5.30. The smallest absolute Gasteiger partial charge is 0.255 e. The first-order chi connectivity index (χ1) is 13.8. The van der Waals surface area contributed by atoms with Gasteiger partial charge >= 0.3 is 0 Å². The fourth-order valence-corrected chi connectivity index (χ4v) is 5.61. The second-order valence-corrected chi connectivity index (χ2v) is 9.39. The quantitative estimate of drug-likeness (QED) is 0.833. The molecule has 1 atom stereocenters. The lowest BCUT2D eigenvalue weighted by Gasteiger charge is -2.18. The number of carbonyl (C=O) groups is 2. The Bertz CT molecular complexity index is 1040. The zero-order valence-electron chi connectivity index (χ0n) is 16.2. The van der Waals surface area contributed by atoms with Gasteiger partial charge in [-0.05, 0) is 55.3 Å². The molecule has 4 rings (SSSR count). The maximum Gasteiger partial charge on any atom is 0.255 e. The Morgan fingerprint density at radius 1 is 1.03 bits per heavy atom. The Morgan fingerprint density at radius 3 is 2.34 bits per heavy atom. The molecule has 2 aliphatic heterocycles. The number of amides is 2. The van der Waals surface area contributed by atoms with Gasteiger partial charge in [0.15, 0.2) is 0 Å². The lowest BCUT2D eigenvalue weighted by Crippen LogP contribution is -2.30. The van der Waals surface area contributed by atoms with Gasteiger partial charge in [0.05, 0.1) is 17.4 Å². The predicted molar refractivity (Wildman–Crippen MR) is 113 cm³/mol. The molecule has 2 fully saturated rings. The van der Waals surface area contributed by atoms with Crippen molar-refractivity contribution < 1.29 is 18.0 Å². The van der Waals surface area contributed by atoms with Gasteiger partial charge in [0, 0.05) is 30.0 Å². The van der Waals surface area contributed by atoms with E-state index in [-0.39, 0.29) is 22.9 Å². The molecule has 0 spiro atoms.